The van der Waals surface area contributed by atoms with E-state index in [1.165, 1.54) is 22.3 Å². The maximum absolute atomic E-state index is 6.89. The van der Waals surface area contributed by atoms with E-state index in [1.807, 2.05) is 3.28 Å². The van der Waals surface area contributed by atoms with Crippen molar-refractivity contribution in [2.75, 3.05) is 0 Å². The van der Waals surface area contributed by atoms with Crippen molar-refractivity contribution in [3.05, 3.63) is 96.3 Å². The molecule has 0 aliphatic heterocycles. The summed E-state index contributed by atoms with van der Waals surface area (Å²) < 4.78 is 2.40. The maximum Gasteiger partial charge on any atom is -1.00 e. The molecule has 31 heavy (non-hydrogen) atoms. The van der Waals surface area contributed by atoms with E-state index in [0.29, 0.717) is 9.54 Å². The van der Waals surface area contributed by atoms with Crippen LogP contribution in [0.3, 0.4) is 0 Å². The topological polar surface area (TPSA) is 0 Å². The zero-order valence-corrected chi connectivity index (χ0v) is 24.7. The summed E-state index contributed by atoms with van der Waals surface area (Å²) in [5, 5.41) is 0.960. The minimum absolute atomic E-state index is 0. The molecule has 0 heterocycles. The van der Waals surface area contributed by atoms with Crippen molar-refractivity contribution in [2.45, 2.75) is 44.4 Å². The number of allylic oxidation sites excluding steroid dienone is 5. The zero-order chi connectivity index (χ0) is 20.9. The second-order valence-corrected chi connectivity index (χ2v) is 26.5. The van der Waals surface area contributed by atoms with Gasteiger partial charge in [0, 0.05) is 0 Å². The molecule has 0 amide bonds. The Morgan fingerprint density at radius 3 is 2.06 bits per heavy atom. The van der Waals surface area contributed by atoms with E-state index in [1.54, 1.807) is 16.7 Å². The third-order valence-electron chi connectivity index (χ3n) is 6.85. The first-order valence-corrected chi connectivity index (χ1v) is 19.7. The summed E-state index contributed by atoms with van der Waals surface area (Å²) in [7, 11) is 0. The average Bonchev–Trinajstić information content (AvgIpc) is 3.18. The van der Waals surface area contributed by atoms with Gasteiger partial charge in [0.2, 0.25) is 0 Å². The molecule has 2 aromatic carbocycles. The Balaban J connectivity index is 0.00000171. The normalized spacial score (nSPS) is 19.2. The first-order valence-electron chi connectivity index (χ1n) is 10.4. The first-order chi connectivity index (χ1) is 13.8. The molecule has 5 heteroatoms. The van der Waals surface area contributed by atoms with Crippen molar-refractivity contribution in [1.82, 2.24) is 0 Å². The molecule has 2 aromatic rings. The number of benzene rings is 2. The molecular formula is C26H29Cl3SiZr. The second-order valence-electron chi connectivity index (χ2n) is 8.61. The smallest absolute Gasteiger partial charge is 1.00 e. The summed E-state index contributed by atoms with van der Waals surface area (Å²) >= 11 is 4.89. The van der Waals surface area contributed by atoms with Crippen molar-refractivity contribution in [3.63, 3.8) is 0 Å². The fourth-order valence-electron chi connectivity index (χ4n) is 5.07. The van der Waals surface area contributed by atoms with Gasteiger partial charge in [-0.1, -0.05) is 0 Å². The van der Waals surface area contributed by atoms with Gasteiger partial charge in [-0.3, -0.25) is 0 Å². The standard InChI is InChI=1S/C15H10Cl.C9H13.C2H6Si.2ClH.Zr/c16-15-8-4-7-13-12(9-10-14(13)15)11-5-2-1-3-6-11;1-6-5-7(2)9(4)8(6)3;1-3-2;;;/h1-10H;6H,1-4H3;1-2H3;2*1H;/q;;;;;+2/p-2. The van der Waals surface area contributed by atoms with Crippen molar-refractivity contribution in [3.8, 4) is 0 Å². The van der Waals surface area contributed by atoms with Crippen LogP contribution in [-0.4, -0.2) is 5.43 Å². The van der Waals surface area contributed by atoms with Gasteiger partial charge in [0.25, 0.3) is 0 Å². The van der Waals surface area contributed by atoms with Crippen LogP contribution in [0.2, 0.25) is 18.1 Å². The molecule has 2 aliphatic rings. The van der Waals surface area contributed by atoms with Gasteiger partial charge in [0.05, 0.1) is 0 Å². The Labute approximate surface area is 212 Å². The van der Waals surface area contributed by atoms with Gasteiger partial charge >= 0.3 is 190 Å². The molecule has 0 saturated carbocycles. The molecular weight excluding hydrogens is 538 g/mol. The number of halogens is 3. The summed E-state index contributed by atoms with van der Waals surface area (Å²) in [4.78, 5) is 0. The average molecular weight is 567 g/mol. The Kier molecular flexibility index (Phi) is 9.28. The number of rotatable bonds is 3. The van der Waals surface area contributed by atoms with Crippen LogP contribution in [0.4, 0.5) is 0 Å². The van der Waals surface area contributed by atoms with Crippen LogP contribution in [0.25, 0.3) is 5.57 Å². The van der Waals surface area contributed by atoms with E-state index in [4.69, 9.17) is 11.6 Å². The molecule has 0 fully saturated rings. The maximum atomic E-state index is 6.89. The number of fused-ring (bicyclic) bond motifs is 1. The Morgan fingerprint density at radius 2 is 1.52 bits per heavy atom. The number of hydrogen-bond donors (Lipinski definition) is 0. The van der Waals surface area contributed by atoms with E-state index in [2.05, 4.69) is 95.4 Å². The summed E-state index contributed by atoms with van der Waals surface area (Å²) in [5.74, 6) is 0.615. The van der Waals surface area contributed by atoms with Crippen molar-refractivity contribution in [2.24, 2.45) is 5.92 Å². The minimum atomic E-state index is -2.00. The third-order valence-corrected chi connectivity index (χ3v) is 25.7. The second kappa shape index (κ2) is 10.7. The Bertz CT molecular complexity index is 1120. The SMILES string of the molecule is CC1=C(C)C(C)[C]([Zr+2]([CH]2C=C(c3ccccc3)c3cccc(Cl)c32)=[Si](C)C)=C1C.[Cl-].[Cl-]. The summed E-state index contributed by atoms with van der Waals surface area (Å²) in [5.41, 5.74) is 9.81. The van der Waals surface area contributed by atoms with Gasteiger partial charge in [-0.2, -0.15) is 0 Å². The molecule has 162 valence electrons. The molecule has 4 rings (SSSR count). The third kappa shape index (κ3) is 4.67. The molecule has 0 radical (unpaired) electrons. The fourth-order valence-corrected chi connectivity index (χ4v) is 25.3. The van der Waals surface area contributed by atoms with Crippen LogP contribution < -0.4 is 24.8 Å². The van der Waals surface area contributed by atoms with Gasteiger partial charge in [-0.05, 0) is 0 Å². The largest absolute Gasteiger partial charge is 1.00 e. The van der Waals surface area contributed by atoms with Crippen LogP contribution in [-0.2, 0) is 20.4 Å². The fraction of sp³-hybridized carbons (Fsp3) is 0.308. The van der Waals surface area contributed by atoms with Crippen LogP contribution in [0.1, 0.15) is 48.0 Å². The molecule has 0 nitrogen and oxygen atoms in total. The van der Waals surface area contributed by atoms with E-state index in [9.17, 15) is 0 Å². The molecule has 0 saturated heterocycles. The number of hydrogen-bond acceptors (Lipinski definition) is 0. The zero-order valence-electron chi connectivity index (χ0n) is 19.0. The summed E-state index contributed by atoms with van der Waals surface area (Å²) in [6.45, 7) is 14.6. The van der Waals surface area contributed by atoms with Crippen molar-refractivity contribution >= 4 is 22.6 Å². The van der Waals surface area contributed by atoms with Gasteiger partial charge in [-0.15, -0.1) is 0 Å². The molecule has 0 aromatic heterocycles. The van der Waals surface area contributed by atoms with Crippen LogP contribution in [0.15, 0.2) is 74.6 Å². The van der Waals surface area contributed by atoms with Gasteiger partial charge in [-0.25, -0.2) is 0 Å². The van der Waals surface area contributed by atoms with E-state index < -0.39 is 25.8 Å². The van der Waals surface area contributed by atoms with E-state index >= 15 is 0 Å². The molecule has 2 unspecified atom stereocenters. The monoisotopic (exact) mass is 564 g/mol. The van der Waals surface area contributed by atoms with Crippen LogP contribution >= 0.6 is 11.6 Å². The van der Waals surface area contributed by atoms with Gasteiger partial charge < -0.3 is 24.8 Å². The van der Waals surface area contributed by atoms with Crippen LogP contribution in [0, 0.1) is 5.92 Å². The van der Waals surface area contributed by atoms with Gasteiger partial charge in [0.15, 0.2) is 0 Å². The van der Waals surface area contributed by atoms with E-state index in [0.717, 1.165) is 5.02 Å². The van der Waals surface area contributed by atoms with Crippen molar-refractivity contribution in [1.29, 1.82) is 0 Å². The molecule has 0 bridgehead atoms. The van der Waals surface area contributed by atoms with Crippen LogP contribution in [0.5, 0.6) is 0 Å². The predicted octanol–water partition coefficient (Wildman–Crippen LogP) is 1.96. The molecule has 0 spiro atoms. The molecule has 0 N–H and O–H groups in total. The molecule has 2 atom stereocenters. The van der Waals surface area contributed by atoms with Crippen molar-refractivity contribution < 1.29 is 45.2 Å². The summed E-state index contributed by atoms with van der Waals surface area (Å²) in [6.07, 6.45) is 2.61. The minimum Gasteiger partial charge on any atom is -1.00 e. The first kappa shape index (κ1) is 26.9. The summed E-state index contributed by atoms with van der Waals surface area (Å²) in [6, 6.07) is 17.4. The molecule has 2 aliphatic carbocycles. The Hall–Kier alpha value is -0.370. The predicted molar refractivity (Wildman–Crippen MR) is 125 cm³/mol. The quantitative estimate of drug-likeness (QED) is 0.499. The van der Waals surface area contributed by atoms with Gasteiger partial charge in [0.1, 0.15) is 0 Å². The Morgan fingerprint density at radius 1 is 0.871 bits per heavy atom. The van der Waals surface area contributed by atoms with E-state index in [-0.39, 0.29) is 24.8 Å².